The minimum atomic E-state index is -3.22. The van der Waals surface area contributed by atoms with E-state index in [0.29, 0.717) is 11.6 Å². The normalized spacial score (nSPS) is 11.6. The summed E-state index contributed by atoms with van der Waals surface area (Å²) in [7, 11) is -3.22. The molecule has 0 aliphatic rings. The van der Waals surface area contributed by atoms with E-state index in [2.05, 4.69) is 0 Å². The molecule has 0 aliphatic heterocycles. The predicted molar refractivity (Wildman–Crippen MR) is 86.9 cm³/mol. The molecule has 2 rings (SSSR count). The van der Waals surface area contributed by atoms with Gasteiger partial charge in [0.25, 0.3) is 0 Å². The summed E-state index contributed by atoms with van der Waals surface area (Å²) in [6.07, 6.45) is 0. The van der Waals surface area contributed by atoms with Crippen molar-refractivity contribution in [3.05, 3.63) is 69.7 Å². The molecule has 0 unspecified atom stereocenters. The van der Waals surface area contributed by atoms with Crippen molar-refractivity contribution in [2.75, 3.05) is 0 Å². The SMILES string of the molecule is Cc1cc(CN)ccc1CS(=O)(=O)Cc1ccc(Cl)cc1. The number of hydrogen-bond donors (Lipinski definition) is 1. The van der Waals surface area contributed by atoms with Gasteiger partial charge in [-0.15, -0.1) is 0 Å². The van der Waals surface area contributed by atoms with E-state index < -0.39 is 9.84 Å². The van der Waals surface area contributed by atoms with E-state index in [-0.39, 0.29) is 11.5 Å². The average molecular weight is 324 g/mol. The second-order valence-electron chi connectivity index (χ2n) is 5.12. The largest absolute Gasteiger partial charge is 0.326 e. The van der Waals surface area contributed by atoms with Crippen molar-refractivity contribution in [3.63, 3.8) is 0 Å². The van der Waals surface area contributed by atoms with Crippen LogP contribution in [0, 0.1) is 6.92 Å². The van der Waals surface area contributed by atoms with Crippen molar-refractivity contribution in [2.45, 2.75) is 25.0 Å². The maximum atomic E-state index is 12.3. The van der Waals surface area contributed by atoms with Crippen LogP contribution < -0.4 is 5.73 Å². The van der Waals surface area contributed by atoms with Crippen molar-refractivity contribution in [2.24, 2.45) is 5.73 Å². The standard InChI is InChI=1S/C16H18ClNO2S/c1-12-8-14(9-18)2-5-15(12)11-21(19,20)10-13-3-6-16(17)7-4-13/h2-8H,9-11,18H2,1H3. The maximum Gasteiger partial charge on any atom is 0.158 e. The van der Waals surface area contributed by atoms with Gasteiger partial charge in [-0.3, -0.25) is 0 Å². The van der Waals surface area contributed by atoms with Crippen LogP contribution >= 0.6 is 11.6 Å². The molecule has 0 radical (unpaired) electrons. The number of hydrogen-bond acceptors (Lipinski definition) is 3. The Balaban J connectivity index is 2.15. The van der Waals surface area contributed by atoms with E-state index in [1.807, 2.05) is 25.1 Å². The minimum Gasteiger partial charge on any atom is -0.326 e. The molecule has 21 heavy (non-hydrogen) atoms. The highest BCUT2D eigenvalue weighted by molar-refractivity contribution is 7.89. The maximum absolute atomic E-state index is 12.3. The van der Waals surface area contributed by atoms with E-state index in [0.717, 1.165) is 22.3 Å². The molecule has 2 N–H and O–H groups in total. The Hall–Kier alpha value is -1.36. The third-order valence-corrected chi connectivity index (χ3v) is 5.09. The number of rotatable bonds is 5. The Labute approximate surface area is 130 Å². The van der Waals surface area contributed by atoms with E-state index in [4.69, 9.17) is 17.3 Å². The van der Waals surface area contributed by atoms with Crippen molar-refractivity contribution in [3.8, 4) is 0 Å². The zero-order chi connectivity index (χ0) is 15.5. The van der Waals surface area contributed by atoms with Crippen molar-refractivity contribution in [1.29, 1.82) is 0 Å². The van der Waals surface area contributed by atoms with Crippen LogP contribution in [0.2, 0.25) is 5.02 Å². The van der Waals surface area contributed by atoms with E-state index in [9.17, 15) is 8.42 Å². The fourth-order valence-electron chi connectivity index (χ4n) is 2.17. The summed E-state index contributed by atoms with van der Waals surface area (Å²) in [6, 6.07) is 12.5. The highest BCUT2D eigenvalue weighted by Gasteiger charge is 2.14. The first kappa shape index (κ1) is 16.0. The van der Waals surface area contributed by atoms with Gasteiger partial charge in [0, 0.05) is 11.6 Å². The summed E-state index contributed by atoms with van der Waals surface area (Å²) in [4.78, 5) is 0. The summed E-state index contributed by atoms with van der Waals surface area (Å²) >= 11 is 5.80. The van der Waals surface area contributed by atoms with Crippen molar-refractivity contribution >= 4 is 21.4 Å². The Kier molecular flexibility index (Phi) is 5.04. The molecule has 0 heterocycles. The summed E-state index contributed by atoms with van der Waals surface area (Å²) in [5.74, 6) is 0.0502. The summed E-state index contributed by atoms with van der Waals surface area (Å²) in [5, 5.41) is 0.601. The van der Waals surface area contributed by atoms with Gasteiger partial charge in [-0.05, 0) is 41.3 Å². The first-order valence-electron chi connectivity index (χ1n) is 6.63. The zero-order valence-corrected chi connectivity index (χ0v) is 13.4. The highest BCUT2D eigenvalue weighted by atomic mass is 35.5. The van der Waals surface area contributed by atoms with E-state index >= 15 is 0 Å². The molecule has 0 saturated carbocycles. The van der Waals surface area contributed by atoms with Gasteiger partial charge in [0.1, 0.15) is 0 Å². The highest BCUT2D eigenvalue weighted by Crippen LogP contribution is 2.18. The molecule has 2 aromatic carbocycles. The van der Waals surface area contributed by atoms with Gasteiger partial charge in [0.05, 0.1) is 11.5 Å². The van der Waals surface area contributed by atoms with E-state index in [1.165, 1.54) is 0 Å². The van der Waals surface area contributed by atoms with Gasteiger partial charge < -0.3 is 5.73 Å². The summed E-state index contributed by atoms with van der Waals surface area (Å²) in [5.41, 5.74) is 9.11. The predicted octanol–water partition coefficient (Wildman–Crippen LogP) is 3.22. The number of nitrogens with two attached hydrogens (primary N) is 1. The Bertz CT molecular complexity index is 724. The van der Waals surface area contributed by atoms with Gasteiger partial charge in [0.2, 0.25) is 0 Å². The molecule has 0 spiro atoms. The van der Waals surface area contributed by atoms with Crippen LogP contribution in [0.1, 0.15) is 22.3 Å². The van der Waals surface area contributed by atoms with E-state index in [1.54, 1.807) is 24.3 Å². The second-order valence-corrected chi connectivity index (χ2v) is 7.62. The number of sulfone groups is 1. The molecular formula is C16H18ClNO2S. The van der Waals surface area contributed by atoms with Crippen LogP contribution in [0.15, 0.2) is 42.5 Å². The molecule has 112 valence electrons. The van der Waals surface area contributed by atoms with Crippen LogP contribution in [0.25, 0.3) is 0 Å². The molecule has 0 aromatic heterocycles. The lowest BCUT2D eigenvalue weighted by Gasteiger charge is -2.09. The van der Waals surface area contributed by atoms with Crippen LogP contribution in [0.4, 0.5) is 0 Å². The van der Waals surface area contributed by atoms with Gasteiger partial charge >= 0.3 is 0 Å². The minimum absolute atomic E-state index is 0.0161. The smallest absolute Gasteiger partial charge is 0.158 e. The van der Waals surface area contributed by atoms with Gasteiger partial charge in [0.15, 0.2) is 9.84 Å². The average Bonchev–Trinajstić information content (AvgIpc) is 2.43. The molecular weight excluding hydrogens is 306 g/mol. The zero-order valence-electron chi connectivity index (χ0n) is 11.8. The fraction of sp³-hybridized carbons (Fsp3) is 0.250. The monoisotopic (exact) mass is 323 g/mol. The number of benzene rings is 2. The third-order valence-electron chi connectivity index (χ3n) is 3.32. The van der Waals surface area contributed by atoms with Crippen molar-refractivity contribution in [1.82, 2.24) is 0 Å². The second kappa shape index (κ2) is 6.60. The lowest BCUT2D eigenvalue weighted by Crippen LogP contribution is -2.09. The van der Waals surface area contributed by atoms with Crippen LogP contribution in [-0.4, -0.2) is 8.42 Å². The Morgan fingerprint density at radius 1 is 1.00 bits per heavy atom. The van der Waals surface area contributed by atoms with Crippen LogP contribution in [0.3, 0.4) is 0 Å². The third kappa shape index (κ3) is 4.56. The quantitative estimate of drug-likeness (QED) is 0.919. The van der Waals surface area contributed by atoms with Crippen molar-refractivity contribution < 1.29 is 8.42 Å². The fourth-order valence-corrected chi connectivity index (χ4v) is 3.90. The first-order chi connectivity index (χ1) is 9.89. The number of halogens is 1. The molecule has 2 aromatic rings. The molecule has 0 aliphatic carbocycles. The molecule has 0 atom stereocenters. The van der Waals surface area contributed by atoms with Gasteiger partial charge in [-0.1, -0.05) is 41.9 Å². The Morgan fingerprint density at radius 3 is 2.19 bits per heavy atom. The first-order valence-corrected chi connectivity index (χ1v) is 8.83. The Morgan fingerprint density at radius 2 is 1.62 bits per heavy atom. The lowest BCUT2D eigenvalue weighted by atomic mass is 10.1. The van der Waals surface area contributed by atoms with Crippen LogP contribution in [0.5, 0.6) is 0 Å². The molecule has 0 saturated heterocycles. The molecule has 0 amide bonds. The van der Waals surface area contributed by atoms with Gasteiger partial charge in [-0.2, -0.15) is 0 Å². The molecule has 0 bridgehead atoms. The number of aryl methyl sites for hydroxylation is 1. The molecule has 0 fully saturated rings. The molecule has 5 heteroatoms. The summed E-state index contributed by atoms with van der Waals surface area (Å²) < 4.78 is 24.6. The molecule has 3 nitrogen and oxygen atoms in total. The van der Waals surface area contributed by atoms with Gasteiger partial charge in [-0.25, -0.2) is 8.42 Å². The lowest BCUT2D eigenvalue weighted by molar-refractivity contribution is 0.594. The topological polar surface area (TPSA) is 60.2 Å². The van der Waals surface area contributed by atoms with Crippen LogP contribution in [-0.2, 0) is 27.9 Å². The summed E-state index contributed by atoms with van der Waals surface area (Å²) in [6.45, 7) is 2.37.